The van der Waals surface area contributed by atoms with Gasteiger partial charge in [-0.1, -0.05) is 63.1 Å². The Morgan fingerprint density at radius 3 is 2.25 bits per heavy atom. The van der Waals surface area contributed by atoms with Gasteiger partial charge in [-0.15, -0.1) is 11.8 Å². The van der Waals surface area contributed by atoms with Crippen molar-refractivity contribution in [3.05, 3.63) is 102 Å². The van der Waals surface area contributed by atoms with E-state index in [9.17, 15) is 34.8 Å². The Morgan fingerprint density at radius 1 is 0.921 bits per heavy atom. The van der Waals surface area contributed by atoms with Gasteiger partial charge in [0.25, 0.3) is 25.8 Å². The number of alkyl halides is 3. The summed E-state index contributed by atoms with van der Waals surface area (Å²) in [6.07, 6.45) is 5.82. The van der Waals surface area contributed by atoms with Crippen LogP contribution in [0, 0.1) is 5.41 Å². The molecule has 344 valence electrons. The molecule has 0 unspecified atom stereocenters. The maximum Gasteiger partial charge on any atom is 0.501 e. The second-order valence-corrected chi connectivity index (χ2v) is 22.0. The fourth-order valence-corrected chi connectivity index (χ4v) is 11.4. The number of amides is 1. The van der Waals surface area contributed by atoms with Gasteiger partial charge in [-0.05, 0) is 97.7 Å². The van der Waals surface area contributed by atoms with Crippen molar-refractivity contribution in [3.63, 3.8) is 0 Å². The van der Waals surface area contributed by atoms with E-state index in [0.717, 1.165) is 87.5 Å². The highest BCUT2D eigenvalue weighted by atomic mass is 32.2. The predicted octanol–water partition coefficient (Wildman–Crippen LogP) is 8.38. The molecule has 3 aromatic rings. The van der Waals surface area contributed by atoms with Gasteiger partial charge in [-0.25, -0.2) is 21.6 Å². The molecule has 0 aromatic heterocycles. The lowest BCUT2D eigenvalue weighted by molar-refractivity contribution is -0.0435. The number of sulfonamides is 1. The number of rotatable bonds is 18. The zero-order valence-corrected chi connectivity index (χ0v) is 38.8. The topological polar surface area (TPSA) is 128 Å². The number of sulfone groups is 1. The van der Waals surface area contributed by atoms with Gasteiger partial charge >= 0.3 is 5.51 Å². The number of anilines is 2. The summed E-state index contributed by atoms with van der Waals surface area (Å²) < 4.78 is 103. The van der Waals surface area contributed by atoms with Crippen LogP contribution >= 0.6 is 11.8 Å². The van der Waals surface area contributed by atoms with E-state index in [-0.39, 0.29) is 11.0 Å². The van der Waals surface area contributed by atoms with E-state index >= 15 is 0 Å². The molecule has 0 radical (unpaired) electrons. The van der Waals surface area contributed by atoms with Crippen LogP contribution in [0.1, 0.15) is 69.7 Å². The van der Waals surface area contributed by atoms with Crippen LogP contribution < -0.4 is 14.9 Å². The van der Waals surface area contributed by atoms with Crippen LogP contribution in [0.5, 0.6) is 0 Å². The molecular formula is C46H60F3N5O6S3. The molecule has 6 rings (SSSR count). The van der Waals surface area contributed by atoms with Crippen molar-refractivity contribution in [1.29, 1.82) is 0 Å². The number of morpholine rings is 1. The third-order valence-corrected chi connectivity index (χ3v) is 16.0. The van der Waals surface area contributed by atoms with Crippen molar-refractivity contribution in [2.45, 2.75) is 85.5 Å². The van der Waals surface area contributed by atoms with Crippen LogP contribution in [0.4, 0.5) is 24.5 Å². The van der Waals surface area contributed by atoms with E-state index in [1.165, 1.54) is 40.6 Å². The van der Waals surface area contributed by atoms with E-state index in [1.807, 2.05) is 35.1 Å². The van der Waals surface area contributed by atoms with Crippen molar-refractivity contribution >= 4 is 48.9 Å². The summed E-state index contributed by atoms with van der Waals surface area (Å²) in [6.45, 7) is 18.4. The van der Waals surface area contributed by atoms with Crippen molar-refractivity contribution < 1.29 is 39.5 Å². The number of thioether (sulfide) groups is 1. The van der Waals surface area contributed by atoms with Crippen LogP contribution in [-0.2, 0) is 24.6 Å². The largest absolute Gasteiger partial charge is 0.501 e. The molecule has 11 nitrogen and oxygen atoms in total. The smallest absolute Gasteiger partial charge is 0.380 e. The number of hydrogen-bond donors (Lipinski definition) is 2. The molecule has 1 amide bonds. The normalized spacial score (nSPS) is 18.5. The third kappa shape index (κ3) is 12.9. The Morgan fingerprint density at radius 2 is 1.60 bits per heavy atom. The van der Waals surface area contributed by atoms with Crippen molar-refractivity contribution in [1.82, 2.24) is 14.5 Å². The standard InChI is InChI=1S/C46H60F3N5O6S3/c1-5-9-34(2)41-18-20-45(3,4)31-36(41)32-53-22-24-54(25-23-53)38-14-12-35(13-15-38)44(55)51-63(58,59)40-16-17-42(43(30-40)62(56,57)46(47,48)49)50-37(19-21-52-26-28-60-29-27-52)33-61-39-10-7-6-8-11-39/h6-8,10-17,30,37,50H,2,5,9,18-29,31-33H2,1,3-4H3,(H,51,55)/t37-/m1/s1. The SMILES string of the molecule is C=C(CCC)C1=C(CN2CCN(c3ccc(C(=O)NS(=O)(=O)c4ccc(N[C@H](CCN5CCOCC5)CSc5ccccc5)c(S(=O)(=O)C(F)(F)F)c4)cc3)CC2)CC(C)(C)CC1. The van der Waals surface area contributed by atoms with Crippen LogP contribution in [-0.4, -0.2) is 115 Å². The Labute approximate surface area is 375 Å². The molecular weight excluding hydrogens is 872 g/mol. The number of nitrogens with one attached hydrogen (secondary N) is 2. The monoisotopic (exact) mass is 931 g/mol. The summed E-state index contributed by atoms with van der Waals surface area (Å²) in [6, 6.07) is 17.8. The number of ether oxygens (including phenoxy) is 1. The van der Waals surface area contributed by atoms with E-state index in [2.05, 4.69) is 47.4 Å². The van der Waals surface area contributed by atoms with Gasteiger partial charge < -0.3 is 15.0 Å². The Balaban J connectivity index is 1.13. The fourth-order valence-electron chi connectivity index (χ4n) is 8.37. The van der Waals surface area contributed by atoms with Gasteiger partial charge in [0.05, 0.1) is 23.8 Å². The average Bonchev–Trinajstić information content (AvgIpc) is 3.25. The Hall–Kier alpha value is -3.87. The first-order valence-electron chi connectivity index (χ1n) is 21.6. The van der Waals surface area contributed by atoms with E-state index in [0.29, 0.717) is 51.1 Å². The Bertz CT molecular complexity index is 2310. The molecule has 63 heavy (non-hydrogen) atoms. The second kappa shape index (κ2) is 21.0. The van der Waals surface area contributed by atoms with Crippen molar-refractivity contribution in [2.75, 3.05) is 81.5 Å². The number of halogens is 3. The first kappa shape index (κ1) is 48.6. The average molecular weight is 932 g/mol. The van der Waals surface area contributed by atoms with Gasteiger partial charge in [0, 0.05) is 80.3 Å². The van der Waals surface area contributed by atoms with Gasteiger partial charge in [0.2, 0.25) is 0 Å². The maximum atomic E-state index is 14.2. The summed E-state index contributed by atoms with van der Waals surface area (Å²) in [5.41, 5.74) is -0.801. The summed E-state index contributed by atoms with van der Waals surface area (Å²) in [5, 5.41) is 2.99. The number of hydrogen-bond acceptors (Lipinski definition) is 11. The minimum atomic E-state index is -6.05. The number of carbonyl (C=O) groups is 1. The minimum absolute atomic E-state index is 0.00750. The molecule has 1 aliphatic carbocycles. The van der Waals surface area contributed by atoms with Crippen LogP contribution in [0.25, 0.3) is 0 Å². The summed E-state index contributed by atoms with van der Waals surface area (Å²) in [5.74, 6) is -0.641. The first-order chi connectivity index (χ1) is 29.8. The molecule has 3 aromatic carbocycles. The minimum Gasteiger partial charge on any atom is -0.380 e. The predicted molar refractivity (Wildman–Crippen MR) is 245 cm³/mol. The van der Waals surface area contributed by atoms with Gasteiger partial charge in [0.1, 0.15) is 4.90 Å². The highest BCUT2D eigenvalue weighted by Crippen LogP contribution is 2.42. The van der Waals surface area contributed by atoms with Crippen LogP contribution in [0.15, 0.2) is 111 Å². The van der Waals surface area contributed by atoms with Crippen molar-refractivity contribution in [3.8, 4) is 0 Å². The first-order valence-corrected chi connectivity index (χ1v) is 25.5. The van der Waals surface area contributed by atoms with Gasteiger partial charge in [-0.3, -0.25) is 14.6 Å². The quantitative estimate of drug-likeness (QED) is 0.120. The molecule has 2 N–H and O–H groups in total. The lowest BCUT2D eigenvalue weighted by Gasteiger charge is -2.40. The summed E-state index contributed by atoms with van der Waals surface area (Å²) in [7, 11) is -10.9. The van der Waals surface area contributed by atoms with E-state index in [1.54, 1.807) is 12.1 Å². The van der Waals surface area contributed by atoms with Crippen LogP contribution in [0.3, 0.4) is 0 Å². The summed E-state index contributed by atoms with van der Waals surface area (Å²) >= 11 is 1.45. The molecule has 2 heterocycles. The molecule has 17 heteroatoms. The molecule has 0 bridgehead atoms. The molecule has 0 spiro atoms. The van der Waals surface area contributed by atoms with Gasteiger partial charge in [0.15, 0.2) is 0 Å². The maximum absolute atomic E-state index is 14.2. The highest BCUT2D eigenvalue weighted by Gasteiger charge is 2.48. The molecule has 2 saturated heterocycles. The zero-order valence-electron chi connectivity index (χ0n) is 36.4. The highest BCUT2D eigenvalue weighted by molar-refractivity contribution is 7.99. The van der Waals surface area contributed by atoms with Crippen LogP contribution in [0.2, 0.25) is 0 Å². The molecule has 2 aliphatic heterocycles. The molecule has 0 saturated carbocycles. The second-order valence-electron chi connectivity index (χ2n) is 17.3. The lowest BCUT2D eigenvalue weighted by Crippen LogP contribution is -2.47. The van der Waals surface area contributed by atoms with Gasteiger partial charge in [-0.2, -0.15) is 13.2 Å². The lowest BCUT2D eigenvalue weighted by atomic mass is 9.72. The molecule has 1 atom stereocenters. The zero-order chi connectivity index (χ0) is 45.4. The van der Waals surface area contributed by atoms with E-state index in [4.69, 9.17) is 4.74 Å². The number of benzene rings is 3. The van der Waals surface area contributed by atoms with Crippen molar-refractivity contribution in [2.24, 2.45) is 5.41 Å². The molecule has 2 fully saturated rings. The molecule has 3 aliphatic rings. The number of carbonyl (C=O) groups excluding carboxylic acids is 1. The number of nitrogens with zero attached hydrogens (tertiary/aromatic N) is 3. The Kier molecular flexibility index (Phi) is 16.2. The number of piperazine rings is 1. The number of allylic oxidation sites excluding steroid dienone is 2. The summed E-state index contributed by atoms with van der Waals surface area (Å²) in [4.78, 5) is 19.0. The third-order valence-electron chi connectivity index (χ3n) is 12.0. The fraction of sp³-hybridized carbons (Fsp3) is 0.500. The van der Waals surface area contributed by atoms with E-state index < -0.39 is 52.8 Å².